The van der Waals surface area contributed by atoms with Gasteiger partial charge in [0, 0.05) is 10.6 Å². The van der Waals surface area contributed by atoms with Gasteiger partial charge in [-0.3, -0.25) is 4.79 Å². The van der Waals surface area contributed by atoms with Crippen molar-refractivity contribution in [1.29, 1.82) is 0 Å². The van der Waals surface area contributed by atoms with Crippen molar-refractivity contribution < 1.29 is 22.4 Å². The van der Waals surface area contributed by atoms with Crippen LogP contribution in [0.4, 0.5) is 23.2 Å². The van der Waals surface area contributed by atoms with E-state index in [1.165, 1.54) is 18.2 Å². The Labute approximate surface area is 128 Å². The highest BCUT2D eigenvalue weighted by Gasteiger charge is 2.29. The van der Waals surface area contributed by atoms with Gasteiger partial charge in [0.05, 0.1) is 11.3 Å². The zero-order valence-electron chi connectivity index (χ0n) is 11.2. The lowest BCUT2D eigenvalue weighted by Crippen LogP contribution is -2.14. The second kappa shape index (κ2) is 6.83. The minimum Gasteiger partial charge on any atom is -0.325 e. The van der Waals surface area contributed by atoms with Crippen molar-refractivity contribution >= 4 is 23.4 Å². The second-order valence-corrected chi connectivity index (χ2v) is 5.36. The molecule has 0 aliphatic heterocycles. The van der Waals surface area contributed by atoms with Crippen LogP contribution < -0.4 is 5.32 Å². The summed E-state index contributed by atoms with van der Waals surface area (Å²) in [7, 11) is 0. The van der Waals surface area contributed by atoms with E-state index < -0.39 is 23.5 Å². The standard InChI is InChI=1S/C15H11F4NOS/c16-12-3-1-2-4-13(12)22-9-14(21)20-11-7-5-10(6-8-11)15(17,18)19/h1-8H,9H2,(H,20,21). The predicted octanol–water partition coefficient (Wildman–Crippen LogP) is 4.58. The number of hydrogen-bond donors (Lipinski definition) is 1. The van der Waals surface area contributed by atoms with Crippen LogP contribution >= 0.6 is 11.8 Å². The number of thioether (sulfide) groups is 1. The van der Waals surface area contributed by atoms with Gasteiger partial charge in [-0.25, -0.2) is 4.39 Å². The van der Waals surface area contributed by atoms with Gasteiger partial charge in [-0.2, -0.15) is 13.2 Å². The summed E-state index contributed by atoms with van der Waals surface area (Å²) in [6, 6.07) is 10.2. The number of nitrogens with one attached hydrogen (secondary N) is 1. The molecule has 0 heterocycles. The first-order valence-electron chi connectivity index (χ1n) is 6.21. The lowest BCUT2D eigenvalue weighted by atomic mass is 10.2. The largest absolute Gasteiger partial charge is 0.416 e. The van der Waals surface area contributed by atoms with Crippen molar-refractivity contribution in [1.82, 2.24) is 0 Å². The molecule has 1 N–H and O–H groups in total. The molecule has 0 saturated carbocycles. The van der Waals surface area contributed by atoms with Gasteiger partial charge in [0.1, 0.15) is 5.82 Å². The molecule has 0 fully saturated rings. The first kappa shape index (κ1) is 16.4. The molecule has 2 aromatic rings. The quantitative estimate of drug-likeness (QED) is 0.657. The van der Waals surface area contributed by atoms with Gasteiger partial charge in [-0.05, 0) is 36.4 Å². The minimum atomic E-state index is -4.41. The predicted molar refractivity (Wildman–Crippen MR) is 77.2 cm³/mol. The summed E-state index contributed by atoms with van der Waals surface area (Å²) in [5, 5.41) is 2.46. The summed E-state index contributed by atoms with van der Waals surface area (Å²) in [6.07, 6.45) is -4.41. The summed E-state index contributed by atoms with van der Waals surface area (Å²) in [4.78, 5) is 12.0. The number of benzene rings is 2. The van der Waals surface area contributed by atoms with Crippen molar-refractivity contribution in [3.63, 3.8) is 0 Å². The number of halogens is 4. The maximum atomic E-state index is 13.4. The van der Waals surface area contributed by atoms with E-state index in [-0.39, 0.29) is 11.4 Å². The highest BCUT2D eigenvalue weighted by atomic mass is 32.2. The van der Waals surface area contributed by atoms with Crippen molar-refractivity contribution in [3.8, 4) is 0 Å². The van der Waals surface area contributed by atoms with E-state index in [0.29, 0.717) is 4.90 Å². The molecule has 22 heavy (non-hydrogen) atoms. The number of alkyl halides is 3. The van der Waals surface area contributed by atoms with E-state index in [1.54, 1.807) is 18.2 Å². The van der Waals surface area contributed by atoms with Crippen molar-refractivity contribution in [2.75, 3.05) is 11.1 Å². The molecule has 2 aromatic carbocycles. The lowest BCUT2D eigenvalue weighted by molar-refractivity contribution is -0.137. The molecule has 0 atom stereocenters. The van der Waals surface area contributed by atoms with Crippen LogP contribution in [0.5, 0.6) is 0 Å². The van der Waals surface area contributed by atoms with Crippen LogP contribution in [0.3, 0.4) is 0 Å². The van der Waals surface area contributed by atoms with Crippen LogP contribution in [0, 0.1) is 5.82 Å². The third kappa shape index (κ3) is 4.49. The normalized spacial score (nSPS) is 11.3. The number of carbonyl (C=O) groups is 1. The first-order chi connectivity index (χ1) is 10.4. The van der Waals surface area contributed by atoms with Gasteiger partial charge < -0.3 is 5.32 Å². The average molecular weight is 329 g/mol. The summed E-state index contributed by atoms with van der Waals surface area (Å²) in [5.41, 5.74) is -0.529. The second-order valence-electron chi connectivity index (χ2n) is 4.34. The summed E-state index contributed by atoms with van der Waals surface area (Å²) >= 11 is 1.01. The molecule has 2 rings (SSSR count). The minimum absolute atomic E-state index is 0.0397. The Balaban J connectivity index is 1.91. The molecule has 1 amide bonds. The maximum absolute atomic E-state index is 13.4. The van der Waals surface area contributed by atoms with Crippen LogP contribution in [-0.2, 0) is 11.0 Å². The lowest BCUT2D eigenvalue weighted by Gasteiger charge is -2.09. The van der Waals surface area contributed by atoms with Crippen LogP contribution in [0.1, 0.15) is 5.56 Å². The molecule has 7 heteroatoms. The van der Waals surface area contributed by atoms with E-state index in [0.717, 1.165) is 23.9 Å². The monoisotopic (exact) mass is 329 g/mol. The van der Waals surface area contributed by atoms with E-state index in [2.05, 4.69) is 5.32 Å². The molecular formula is C15H11F4NOS. The smallest absolute Gasteiger partial charge is 0.325 e. The molecule has 0 saturated heterocycles. The van der Waals surface area contributed by atoms with Crippen LogP contribution in [0.15, 0.2) is 53.4 Å². The van der Waals surface area contributed by atoms with E-state index in [9.17, 15) is 22.4 Å². The Bertz CT molecular complexity index is 655. The molecule has 116 valence electrons. The molecule has 0 bridgehead atoms. The van der Waals surface area contributed by atoms with Gasteiger partial charge >= 0.3 is 6.18 Å². The van der Waals surface area contributed by atoms with Crippen LogP contribution in [0.25, 0.3) is 0 Å². The van der Waals surface area contributed by atoms with Crippen molar-refractivity contribution in [2.45, 2.75) is 11.1 Å². The SMILES string of the molecule is O=C(CSc1ccccc1F)Nc1ccc(C(F)(F)F)cc1. The number of anilines is 1. The molecule has 0 spiro atoms. The Morgan fingerprint density at radius 2 is 1.68 bits per heavy atom. The molecular weight excluding hydrogens is 318 g/mol. The first-order valence-corrected chi connectivity index (χ1v) is 7.19. The van der Waals surface area contributed by atoms with Gasteiger partial charge in [-0.1, -0.05) is 12.1 Å². The average Bonchev–Trinajstić information content (AvgIpc) is 2.46. The van der Waals surface area contributed by atoms with Gasteiger partial charge in [0.2, 0.25) is 5.91 Å². The van der Waals surface area contributed by atoms with Crippen molar-refractivity contribution in [3.05, 3.63) is 59.9 Å². The topological polar surface area (TPSA) is 29.1 Å². The van der Waals surface area contributed by atoms with Gasteiger partial charge in [0.25, 0.3) is 0 Å². The summed E-state index contributed by atoms with van der Waals surface area (Å²) in [6.45, 7) is 0. The molecule has 2 nitrogen and oxygen atoms in total. The number of carbonyl (C=O) groups excluding carboxylic acids is 1. The number of hydrogen-bond acceptors (Lipinski definition) is 2. The fraction of sp³-hybridized carbons (Fsp3) is 0.133. The Morgan fingerprint density at radius 3 is 2.27 bits per heavy atom. The third-order valence-electron chi connectivity index (χ3n) is 2.69. The van der Waals surface area contributed by atoms with Gasteiger partial charge in [0.15, 0.2) is 0 Å². The van der Waals surface area contributed by atoms with E-state index in [4.69, 9.17) is 0 Å². The van der Waals surface area contributed by atoms with E-state index >= 15 is 0 Å². The van der Waals surface area contributed by atoms with E-state index in [1.807, 2.05) is 0 Å². The highest BCUT2D eigenvalue weighted by molar-refractivity contribution is 8.00. The molecule has 0 aliphatic carbocycles. The third-order valence-corrected chi connectivity index (χ3v) is 3.74. The van der Waals surface area contributed by atoms with Crippen molar-refractivity contribution in [2.24, 2.45) is 0 Å². The number of rotatable bonds is 4. The Morgan fingerprint density at radius 1 is 1.05 bits per heavy atom. The van der Waals surface area contributed by atoms with Gasteiger partial charge in [-0.15, -0.1) is 11.8 Å². The zero-order valence-corrected chi connectivity index (χ0v) is 12.0. The molecule has 0 radical (unpaired) electrons. The van der Waals surface area contributed by atoms with Crippen LogP contribution in [0.2, 0.25) is 0 Å². The molecule has 0 unspecified atom stereocenters. The highest BCUT2D eigenvalue weighted by Crippen LogP contribution is 2.30. The van der Waals surface area contributed by atoms with Crippen LogP contribution in [-0.4, -0.2) is 11.7 Å². The maximum Gasteiger partial charge on any atom is 0.416 e. The fourth-order valence-electron chi connectivity index (χ4n) is 1.64. The Kier molecular flexibility index (Phi) is 5.07. The Hall–Kier alpha value is -2.02. The summed E-state index contributed by atoms with van der Waals surface area (Å²) in [5.74, 6) is -0.884. The number of amides is 1. The molecule has 0 aromatic heterocycles. The fourth-order valence-corrected chi connectivity index (χ4v) is 2.38. The summed E-state index contributed by atoms with van der Waals surface area (Å²) < 4.78 is 50.6. The zero-order chi connectivity index (χ0) is 16.2. The molecule has 0 aliphatic rings.